The first-order valence-corrected chi connectivity index (χ1v) is 10.1. The van der Waals surface area contributed by atoms with Gasteiger partial charge in [0, 0.05) is 41.4 Å². The van der Waals surface area contributed by atoms with Crippen molar-refractivity contribution in [2.75, 3.05) is 26.2 Å². The Bertz CT molecular complexity index is 937. The summed E-state index contributed by atoms with van der Waals surface area (Å²) in [6.07, 6.45) is 4.47. The Morgan fingerprint density at radius 3 is 2.55 bits per heavy atom. The van der Waals surface area contributed by atoms with Crippen LogP contribution in [0.25, 0.3) is 11.4 Å². The molecular weight excluding hydrogens is 390 g/mol. The van der Waals surface area contributed by atoms with Crippen molar-refractivity contribution >= 4 is 17.5 Å². The van der Waals surface area contributed by atoms with Gasteiger partial charge in [-0.05, 0) is 36.4 Å². The predicted octanol–water partition coefficient (Wildman–Crippen LogP) is 1.64. The van der Waals surface area contributed by atoms with E-state index in [0.717, 1.165) is 38.3 Å². The van der Waals surface area contributed by atoms with Crippen LogP contribution < -0.4 is 4.90 Å². The summed E-state index contributed by atoms with van der Waals surface area (Å²) in [6, 6.07) is 11.4. The van der Waals surface area contributed by atoms with Crippen molar-refractivity contribution in [2.24, 2.45) is 0 Å². The third-order valence-electron chi connectivity index (χ3n) is 5.15. The number of carbonyl (C=O) groups excluding carboxylic acids is 1. The molecule has 2 aromatic heterocycles. The number of amides is 1. The van der Waals surface area contributed by atoms with Crippen molar-refractivity contribution in [1.82, 2.24) is 20.0 Å². The zero-order valence-electron chi connectivity index (χ0n) is 16.1. The van der Waals surface area contributed by atoms with E-state index in [9.17, 15) is 4.79 Å². The van der Waals surface area contributed by atoms with Gasteiger partial charge in [0.2, 0.25) is 17.6 Å². The van der Waals surface area contributed by atoms with Crippen molar-refractivity contribution in [1.29, 1.82) is 0 Å². The van der Waals surface area contributed by atoms with Crippen molar-refractivity contribution in [3.63, 3.8) is 0 Å². The van der Waals surface area contributed by atoms with Crippen LogP contribution in [0.1, 0.15) is 17.9 Å². The van der Waals surface area contributed by atoms with Gasteiger partial charge in [0.25, 0.3) is 0 Å². The number of aromatic nitrogens is 3. The summed E-state index contributed by atoms with van der Waals surface area (Å²) < 4.78 is 5.30. The van der Waals surface area contributed by atoms with Crippen LogP contribution in [0, 0.1) is 0 Å². The standard InChI is InChI=1S/C21H22ClN5O2/c22-18-3-1-17(2-4-18)21-24-19(29-25-21)5-6-20(28)27-13-11-26(12-14-27)15-16-7-9-23-10-8-16/h1-4,7-10H,5-6,11-15H2/p+1. The fraction of sp³-hybridized carbons (Fsp3) is 0.333. The van der Waals surface area contributed by atoms with Gasteiger partial charge in [-0.15, -0.1) is 0 Å². The first-order valence-electron chi connectivity index (χ1n) is 9.76. The maximum Gasteiger partial charge on any atom is 0.227 e. The van der Waals surface area contributed by atoms with Gasteiger partial charge in [0.1, 0.15) is 6.54 Å². The van der Waals surface area contributed by atoms with Gasteiger partial charge in [0.05, 0.1) is 26.2 Å². The molecule has 8 heteroatoms. The van der Waals surface area contributed by atoms with Crippen molar-refractivity contribution in [3.05, 3.63) is 65.3 Å². The van der Waals surface area contributed by atoms with Crippen molar-refractivity contribution < 1.29 is 14.2 Å². The zero-order chi connectivity index (χ0) is 20.1. The summed E-state index contributed by atoms with van der Waals surface area (Å²) in [5.41, 5.74) is 2.12. The number of rotatable bonds is 6. The Kier molecular flexibility index (Phi) is 6.17. The fourth-order valence-corrected chi connectivity index (χ4v) is 3.61. The lowest BCUT2D eigenvalue weighted by atomic mass is 10.2. The van der Waals surface area contributed by atoms with Gasteiger partial charge in [-0.3, -0.25) is 9.78 Å². The van der Waals surface area contributed by atoms with Gasteiger partial charge in [-0.1, -0.05) is 16.8 Å². The number of quaternary nitrogens is 1. The molecule has 0 spiro atoms. The number of hydrogen-bond donors (Lipinski definition) is 1. The second-order valence-electron chi connectivity index (χ2n) is 7.18. The summed E-state index contributed by atoms with van der Waals surface area (Å²) in [7, 11) is 0. The molecule has 4 rings (SSSR count). The van der Waals surface area contributed by atoms with Gasteiger partial charge in [-0.25, -0.2) is 0 Å². The van der Waals surface area contributed by atoms with Gasteiger partial charge in [-0.2, -0.15) is 4.98 Å². The van der Waals surface area contributed by atoms with Crippen LogP contribution in [0.5, 0.6) is 0 Å². The van der Waals surface area contributed by atoms with Crippen LogP contribution in [0.4, 0.5) is 0 Å². The van der Waals surface area contributed by atoms with Crippen LogP contribution in [-0.4, -0.2) is 52.1 Å². The summed E-state index contributed by atoms with van der Waals surface area (Å²) in [5, 5.41) is 4.65. The van der Waals surface area contributed by atoms with Gasteiger partial charge >= 0.3 is 0 Å². The molecule has 0 aliphatic carbocycles. The molecule has 3 heterocycles. The van der Waals surface area contributed by atoms with Crippen LogP contribution in [0.15, 0.2) is 53.3 Å². The van der Waals surface area contributed by atoms with Crippen LogP contribution in [-0.2, 0) is 17.8 Å². The molecule has 1 amide bonds. The Morgan fingerprint density at radius 1 is 1.10 bits per heavy atom. The molecule has 1 aromatic carbocycles. The third kappa shape index (κ3) is 5.19. The molecule has 1 N–H and O–H groups in total. The highest BCUT2D eigenvalue weighted by Gasteiger charge is 2.24. The van der Waals surface area contributed by atoms with Gasteiger partial charge < -0.3 is 14.3 Å². The van der Waals surface area contributed by atoms with E-state index in [2.05, 4.69) is 15.1 Å². The molecule has 0 atom stereocenters. The van der Waals surface area contributed by atoms with E-state index < -0.39 is 0 Å². The minimum atomic E-state index is 0.138. The summed E-state index contributed by atoms with van der Waals surface area (Å²) >= 11 is 5.90. The van der Waals surface area contributed by atoms with Crippen LogP contribution in [0.2, 0.25) is 5.02 Å². The molecule has 1 fully saturated rings. The number of aryl methyl sites for hydroxylation is 1. The van der Waals surface area contributed by atoms with Crippen LogP contribution >= 0.6 is 11.6 Å². The highest BCUT2D eigenvalue weighted by atomic mass is 35.5. The van der Waals surface area contributed by atoms with E-state index >= 15 is 0 Å². The molecular formula is C21H23ClN5O2+. The number of nitrogens with zero attached hydrogens (tertiary/aromatic N) is 4. The predicted molar refractivity (Wildman–Crippen MR) is 108 cm³/mol. The molecule has 7 nitrogen and oxygen atoms in total. The average Bonchev–Trinajstić information content (AvgIpc) is 3.23. The SMILES string of the molecule is O=C(CCc1nc(-c2ccc(Cl)cc2)no1)N1CC[NH+](Cc2ccncc2)CC1. The van der Waals surface area contributed by atoms with Gasteiger partial charge in [0.15, 0.2) is 0 Å². The lowest BCUT2D eigenvalue weighted by Crippen LogP contribution is -3.13. The molecule has 0 radical (unpaired) electrons. The van der Waals surface area contributed by atoms with E-state index in [4.69, 9.17) is 16.1 Å². The van der Waals surface area contributed by atoms with E-state index in [1.165, 1.54) is 10.5 Å². The molecule has 1 saturated heterocycles. The quantitative estimate of drug-likeness (QED) is 0.666. The fourth-order valence-electron chi connectivity index (χ4n) is 3.48. The van der Waals surface area contributed by atoms with Crippen molar-refractivity contribution in [3.8, 4) is 11.4 Å². The largest absolute Gasteiger partial charge is 0.339 e. The molecule has 1 aliphatic rings. The number of halogens is 1. The first-order chi connectivity index (χ1) is 14.2. The number of hydrogen-bond acceptors (Lipinski definition) is 5. The molecule has 29 heavy (non-hydrogen) atoms. The number of nitrogens with one attached hydrogen (secondary N) is 1. The van der Waals surface area contributed by atoms with Crippen LogP contribution in [0.3, 0.4) is 0 Å². The minimum absolute atomic E-state index is 0.138. The topological polar surface area (TPSA) is 76.6 Å². The summed E-state index contributed by atoms with van der Waals surface area (Å²) in [4.78, 5) is 24.4. The Labute approximate surface area is 174 Å². The lowest BCUT2D eigenvalue weighted by Gasteiger charge is -2.32. The molecule has 0 unspecified atom stereocenters. The Hall–Kier alpha value is -2.77. The van der Waals surface area contributed by atoms with Crippen molar-refractivity contribution in [2.45, 2.75) is 19.4 Å². The van der Waals surface area contributed by atoms with E-state index in [1.54, 1.807) is 12.1 Å². The average molecular weight is 413 g/mol. The third-order valence-corrected chi connectivity index (χ3v) is 5.40. The Balaban J connectivity index is 1.24. The first kappa shape index (κ1) is 19.5. The number of benzene rings is 1. The molecule has 0 bridgehead atoms. The second-order valence-corrected chi connectivity index (χ2v) is 7.62. The molecule has 3 aromatic rings. The second kappa shape index (κ2) is 9.15. The number of pyridine rings is 1. The smallest absolute Gasteiger partial charge is 0.227 e. The minimum Gasteiger partial charge on any atom is -0.339 e. The molecule has 1 aliphatic heterocycles. The van der Waals surface area contributed by atoms with E-state index in [0.29, 0.717) is 29.6 Å². The normalized spacial score (nSPS) is 14.9. The molecule has 150 valence electrons. The summed E-state index contributed by atoms with van der Waals surface area (Å²) in [6.45, 7) is 4.43. The zero-order valence-corrected chi connectivity index (χ0v) is 16.8. The maximum absolute atomic E-state index is 12.6. The molecule has 0 saturated carbocycles. The monoisotopic (exact) mass is 412 g/mol. The van der Waals surface area contributed by atoms with E-state index in [-0.39, 0.29) is 5.91 Å². The highest BCUT2D eigenvalue weighted by Crippen LogP contribution is 2.19. The highest BCUT2D eigenvalue weighted by molar-refractivity contribution is 6.30. The number of piperazine rings is 1. The lowest BCUT2D eigenvalue weighted by molar-refractivity contribution is -0.917. The number of carbonyl (C=O) groups is 1. The Morgan fingerprint density at radius 2 is 1.83 bits per heavy atom. The summed E-state index contributed by atoms with van der Waals surface area (Å²) in [5.74, 6) is 1.13. The van der Waals surface area contributed by atoms with E-state index in [1.807, 2.05) is 41.6 Å². The maximum atomic E-state index is 12.6.